The average Bonchev–Trinajstić information content (AvgIpc) is 2.59. The van der Waals surface area contributed by atoms with E-state index in [1.54, 1.807) is 14.2 Å². The summed E-state index contributed by atoms with van der Waals surface area (Å²) in [6.45, 7) is 4.70. The number of unbranched alkanes of at least 4 members (excludes halogenated alkanes) is 11. The summed E-state index contributed by atoms with van der Waals surface area (Å²) in [6, 6.07) is 1.12. The van der Waals surface area contributed by atoms with Gasteiger partial charge < -0.3 is 13.8 Å². The number of hydrogen-bond donors (Lipinski definition) is 0. The Hall–Kier alpha value is 0.387. The number of nitrogens with zero attached hydrogens (tertiary/aromatic N) is 1. The highest BCUT2D eigenvalue weighted by atomic mass is 35.5. The van der Waals surface area contributed by atoms with Crippen LogP contribution in [0.1, 0.15) is 90.4 Å². The molecule has 0 aromatic rings. The van der Waals surface area contributed by atoms with Crippen molar-refractivity contribution < 1.29 is 8.85 Å². The van der Waals surface area contributed by atoms with Crippen molar-refractivity contribution in [3.05, 3.63) is 0 Å². The summed E-state index contributed by atoms with van der Waals surface area (Å²) >= 11 is 0. The SMILES string of the molecule is CCCCCCCCCCCCCCN(C)CCC[SiH](OC)OC.Cl. The smallest absolute Gasteiger partial charge is 0.320 e. The Morgan fingerprint density at radius 3 is 1.48 bits per heavy atom. The van der Waals surface area contributed by atoms with E-state index in [1.807, 2.05) is 0 Å². The molecule has 0 aliphatic carbocycles. The van der Waals surface area contributed by atoms with Crippen molar-refractivity contribution in [1.82, 2.24) is 4.90 Å². The molecule has 0 unspecified atom stereocenters. The van der Waals surface area contributed by atoms with Crippen LogP contribution >= 0.6 is 12.4 Å². The first kappa shape index (κ1) is 27.6. The first-order chi connectivity index (χ1) is 11.7. The van der Waals surface area contributed by atoms with Crippen LogP contribution in [0.2, 0.25) is 6.04 Å². The van der Waals surface area contributed by atoms with Gasteiger partial charge in [-0.05, 0) is 39.0 Å². The van der Waals surface area contributed by atoms with Crippen molar-refractivity contribution in [2.75, 3.05) is 34.4 Å². The average molecular weight is 396 g/mol. The van der Waals surface area contributed by atoms with E-state index in [0.29, 0.717) is 0 Å². The van der Waals surface area contributed by atoms with Gasteiger partial charge >= 0.3 is 9.28 Å². The lowest BCUT2D eigenvalue weighted by atomic mass is 10.1. The summed E-state index contributed by atoms with van der Waals surface area (Å²) in [5.74, 6) is 0. The van der Waals surface area contributed by atoms with Gasteiger partial charge in [-0.15, -0.1) is 12.4 Å². The third-order valence-corrected chi connectivity index (χ3v) is 6.83. The molecule has 0 radical (unpaired) electrons. The van der Waals surface area contributed by atoms with Crippen LogP contribution in [0.25, 0.3) is 0 Å². The molecule has 0 aromatic heterocycles. The van der Waals surface area contributed by atoms with E-state index in [0.717, 1.165) is 6.04 Å². The molecule has 154 valence electrons. The highest BCUT2D eigenvalue weighted by Crippen LogP contribution is 2.12. The fourth-order valence-corrected chi connectivity index (χ4v) is 4.37. The van der Waals surface area contributed by atoms with Crippen molar-refractivity contribution >= 4 is 21.7 Å². The second kappa shape index (κ2) is 22.4. The molecule has 0 aliphatic heterocycles. The van der Waals surface area contributed by atoms with Gasteiger partial charge in [0.05, 0.1) is 0 Å². The molecule has 0 rings (SSSR count). The van der Waals surface area contributed by atoms with Gasteiger partial charge in [-0.25, -0.2) is 0 Å². The lowest BCUT2D eigenvalue weighted by Gasteiger charge is -2.17. The Bertz CT molecular complexity index is 244. The molecule has 0 saturated carbocycles. The monoisotopic (exact) mass is 395 g/mol. The zero-order chi connectivity index (χ0) is 17.9. The summed E-state index contributed by atoms with van der Waals surface area (Å²) in [6.07, 6.45) is 18.3. The minimum absolute atomic E-state index is 0. The fourth-order valence-electron chi connectivity index (χ4n) is 3.19. The lowest BCUT2D eigenvalue weighted by Crippen LogP contribution is -2.24. The number of halogens is 1. The summed E-state index contributed by atoms with van der Waals surface area (Å²) < 4.78 is 10.7. The maximum Gasteiger partial charge on any atom is 0.320 e. The molecule has 0 spiro atoms. The molecule has 0 amide bonds. The van der Waals surface area contributed by atoms with Gasteiger partial charge in [-0.1, -0.05) is 77.6 Å². The molecule has 0 N–H and O–H groups in total. The van der Waals surface area contributed by atoms with E-state index < -0.39 is 9.28 Å². The first-order valence-corrected chi connectivity index (χ1v) is 12.2. The minimum Gasteiger partial charge on any atom is -0.400 e. The molecule has 0 atom stereocenters. The van der Waals surface area contributed by atoms with Crippen molar-refractivity contribution in [2.24, 2.45) is 0 Å². The summed E-state index contributed by atoms with van der Waals surface area (Å²) in [5.41, 5.74) is 0. The minimum atomic E-state index is -1.34. The third-order valence-electron chi connectivity index (χ3n) is 4.90. The van der Waals surface area contributed by atoms with Crippen molar-refractivity contribution in [1.29, 1.82) is 0 Å². The van der Waals surface area contributed by atoms with Crippen LogP contribution in [-0.4, -0.2) is 48.5 Å². The largest absolute Gasteiger partial charge is 0.400 e. The summed E-state index contributed by atoms with van der Waals surface area (Å²) in [7, 11) is 4.45. The predicted molar refractivity (Wildman–Crippen MR) is 116 cm³/mol. The quantitative estimate of drug-likeness (QED) is 0.199. The standard InChI is InChI=1S/C20H45NO2Si.ClH/c1-5-6-7-8-9-10-11-12-13-14-15-16-18-21(2)19-17-20-24(22-3)23-4;/h24H,5-20H2,1-4H3;1H. The van der Waals surface area contributed by atoms with Crippen molar-refractivity contribution in [2.45, 2.75) is 96.4 Å². The zero-order valence-corrected chi connectivity index (χ0v) is 19.5. The van der Waals surface area contributed by atoms with Crippen LogP contribution in [0, 0.1) is 0 Å². The van der Waals surface area contributed by atoms with Crippen LogP contribution in [0.15, 0.2) is 0 Å². The molecule has 0 aromatic carbocycles. The molecule has 0 bridgehead atoms. The zero-order valence-electron chi connectivity index (χ0n) is 17.6. The third kappa shape index (κ3) is 20.6. The Morgan fingerprint density at radius 1 is 0.640 bits per heavy atom. The summed E-state index contributed by atoms with van der Waals surface area (Å²) in [4.78, 5) is 2.47. The molecule has 25 heavy (non-hydrogen) atoms. The van der Waals surface area contributed by atoms with Crippen molar-refractivity contribution in [3.8, 4) is 0 Å². The molecular formula is C20H46ClNO2Si. The molecular weight excluding hydrogens is 350 g/mol. The fraction of sp³-hybridized carbons (Fsp3) is 1.00. The topological polar surface area (TPSA) is 21.7 Å². The van der Waals surface area contributed by atoms with Crippen LogP contribution in [-0.2, 0) is 8.85 Å². The van der Waals surface area contributed by atoms with E-state index in [-0.39, 0.29) is 12.4 Å². The van der Waals surface area contributed by atoms with E-state index in [9.17, 15) is 0 Å². The van der Waals surface area contributed by atoms with Gasteiger partial charge in [0.2, 0.25) is 0 Å². The van der Waals surface area contributed by atoms with Crippen LogP contribution in [0.3, 0.4) is 0 Å². The van der Waals surface area contributed by atoms with E-state index in [4.69, 9.17) is 8.85 Å². The second-order valence-corrected chi connectivity index (χ2v) is 9.61. The van der Waals surface area contributed by atoms with Gasteiger partial charge in [0.15, 0.2) is 0 Å². The van der Waals surface area contributed by atoms with E-state index >= 15 is 0 Å². The summed E-state index contributed by atoms with van der Waals surface area (Å²) in [5, 5.41) is 0. The Labute approximate surface area is 166 Å². The van der Waals surface area contributed by atoms with E-state index in [2.05, 4.69) is 18.9 Å². The Kier molecular flexibility index (Phi) is 24.8. The Morgan fingerprint density at radius 2 is 1.04 bits per heavy atom. The van der Waals surface area contributed by atoms with Gasteiger partial charge in [-0.2, -0.15) is 0 Å². The molecule has 0 aliphatic rings. The highest BCUT2D eigenvalue weighted by Gasteiger charge is 2.09. The number of hydrogen-bond acceptors (Lipinski definition) is 3. The molecule has 0 saturated heterocycles. The number of rotatable bonds is 19. The van der Waals surface area contributed by atoms with Crippen LogP contribution in [0.5, 0.6) is 0 Å². The second-order valence-electron chi connectivity index (χ2n) is 7.24. The Balaban J connectivity index is 0. The predicted octanol–water partition coefficient (Wildman–Crippen LogP) is 5.94. The lowest BCUT2D eigenvalue weighted by molar-refractivity contribution is 0.270. The first-order valence-electron chi connectivity index (χ1n) is 10.5. The highest BCUT2D eigenvalue weighted by molar-refractivity contribution is 6.44. The molecule has 0 fully saturated rings. The maximum absolute atomic E-state index is 5.36. The van der Waals surface area contributed by atoms with E-state index in [1.165, 1.54) is 96.6 Å². The van der Waals surface area contributed by atoms with Crippen LogP contribution in [0.4, 0.5) is 0 Å². The van der Waals surface area contributed by atoms with Gasteiger partial charge in [0, 0.05) is 14.2 Å². The van der Waals surface area contributed by atoms with Crippen molar-refractivity contribution in [3.63, 3.8) is 0 Å². The van der Waals surface area contributed by atoms with Gasteiger partial charge in [-0.3, -0.25) is 0 Å². The normalized spacial score (nSPS) is 11.3. The molecule has 3 nitrogen and oxygen atoms in total. The molecule has 0 heterocycles. The van der Waals surface area contributed by atoms with Gasteiger partial charge in [0.1, 0.15) is 0 Å². The molecule has 5 heteroatoms. The van der Waals surface area contributed by atoms with Crippen LogP contribution < -0.4 is 0 Å². The maximum atomic E-state index is 5.36. The van der Waals surface area contributed by atoms with Gasteiger partial charge in [0.25, 0.3) is 0 Å².